The molecule has 3 amide bonds. The Labute approximate surface area is 130 Å². The Balaban J connectivity index is 2.87. The lowest BCUT2D eigenvalue weighted by Crippen LogP contribution is -2.44. The molecule has 0 fully saturated rings. The van der Waals surface area contributed by atoms with Gasteiger partial charge in [0.2, 0.25) is 5.96 Å². The zero-order valence-electron chi connectivity index (χ0n) is 13.6. The Morgan fingerprint density at radius 2 is 1.95 bits per heavy atom. The predicted octanol–water partition coefficient (Wildman–Crippen LogP) is 2.53. The molecule has 0 radical (unpaired) electrons. The summed E-state index contributed by atoms with van der Waals surface area (Å²) in [7, 11) is 4.91. The van der Waals surface area contributed by atoms with Gasteiger partial charge in [-0.05, 0) is 31.5 Å². The average Bonchev–Trinajstić information content (AvgIpc) is 2.44. The normalized spacial score (nSPS) is 10.9. The first kappa shape index (κ1) is 17.5. The van der Waals surface area contributed by atoms with E-state index < -0.39 is 12.1 Å². The van der Waals surface area contributed by atoms with Crippen LogP contribution in [0.5, 0.6) is 0 Å². The molecule has 0 aliphatic heterocycles. The van der Waals surface area contributed by atoms with Crippen LogP contribution in [0.15, 0.2) is 29.3 Å². The molecule has 0 unspecified atom stereocenters. The molecule has 1 aromatic carbocycles. The van der Waals surface area contributed by atoms with Gasteiger partial charge in [-0.15, -0.1) is 4.99 Å². The molecule has 0 aliphatic carbocycles. The minimum atomic E-state index is -0.735. The van der Waals surface area contributed by atoms with Crippen molar-refractivity contribution >= 4 is 23.8 Å². The monoisotopic (exact) mass is 306 g/mol. The molecule has 0 aliphatic rings. The molecule has 0 aromatic heterocycles. The van der Waals surface area contributed by atoms with Crippen molar-refractivity contribution in [2.24, 2.45) is 4.99 Å². The fourth-order valence-corrected chi connectivity index (χ4v) is 1.73. The zero-order valence-corrected chi connectivity index (χ0v) is 13.6. The third-order valence-corrected chi connectivity index (χ3v) is 2.73. The summed E-state index contributed by atoms with van der Waals surface area (Å²) in [6.45, 7) is 3.85. The summed E-state index contributed by atoms with van der Waals surface area (Å²) in [6, 6.07) is 7.03. The molecule has 7 nitrogen and oxygen atoms in total. The van der Waals surface area contributed by atoms with Gasteiger partial charge in [0.05, 0.1) is 6.61 Å². The maximum atomic E-state index is 12.3. The molecule has 1 aromatic rings. The number of hydrogen-bond donors (Lipinski definition) is 1. The average molecular weight is 306 g/mol. The van der Waals surface area contributed by atoms with Crippen molar-refractivity contribution < 1.29 is 14.3 Å². The van der Waals surface area contributed by atoms with Crippen LogP contribution in [0, 0.1) is 6.92 Å². The van der Waals surface area contributed by atoms with E-state index in [0.717, 1.165) is 5.56 Å². The number of carbonyl (C=O) groups is 2. The first-order chi connectivity index (χ1) is 10.3. The quantitative estimate of drug-likeness (QED) is 0.673. The number of anilines is 1. The molecule has 0 spiro atoms. The number of benzene rings is 1. The summed E-state index contributed by atoms with van der Waals surface area (Å²) in [4.78, 5) is 30.4. The summed E-state index contributed by atoms with van der Waals surface area (Å²) in [6.07, 6.45) is -0.735. The number of urea groups is 1. The minimum absolute atomic E-state index is 0.184. The van der Waals surface area contributed by atoms with Gasteiger partial charge < -0.3 is 15.0 Å². The van der Waals surface area contributed by atoms with E-state index in [1.165, 1.54) is 11.9 Å². The largest absolute Gasteiger partial charge is 0.448 e. The van der Waals surface area contributed by atoms with Crippen LogP contribution in [-0.2, 0) is 4.74 Å². The van der Waals surface area contributed by atoms with Gasteiger partial charge in [-0.25, -0.2) is 9.59 Å². The van der Waals surface area contributed by atoms with E-state index in [0.29, 0.717) is 5.69 Å². The zero-order chi connectivity index (χ0) is 16.7. The number of nitrogens with zero attached hydrogens (tertiary/aromatic N) is 3. The lowest BCUT2D eigenvalue weighted by molar-refractivity contribution is 0.162. The van der Waals surface area contributed by atoms with Crippen molar-refractivity contribution in [3.05, 3.63) is 29.8 Å². The van der Waals surface area contributed by atoms with Crippen LogP contribution in [0.25, 0.3) is 0 Å². The molecule has 1 rings (SSSR count). The summed E-state index contributed by atoms with van der Waals surface area (Å²) in [5, 5.41) is 2.75. The highest BCUT2D eigenvalue weighted by Gasteiger charge is 2.18. The van der Waals surface area contributed by atoms with E-state index >= 15 is 0 Å². The Bertz CT molecular complexity index is 570. The summed E-state index contributed by atoms with van der Waals surface area (Å²) in [5.74, 6) is 0.184. The number of aryl methyl sites for hydroxylation is 1. The van der Waals surface area contributed by atoms with Crippen LogP contribution in [-0.4, -0.2) is 55.6 Å². The third kappa shape index (κ3) is 5.08. The maximum Gasteiger partial charge on any atom is 0.436 e. The smallest absolute Gasteiger partial charge is 0.436 e. The first-order valence-corrected chi connectivity index (χ1v) is 6.89. The number of ether oxygens (including phenoxy) is 1. The number of hydrogen-bond acceptors (Lipinski definition) is 3. The Kier molecular flexibility index (Phi) is 6.37. The lowest BCUT2D eigenvalue weighted by atomic mass is 10.2. The highest BCUT2D eigenvalue weighted by molar-refractivity contribution is 6.04. The Morgan fingerprint density at radius 1 is 1.27 bits per heavy atom. The second kappa shape index (κ2) is 8.02. The van der Waals surface area contributed by atoms with Crippen molar-refractivity contribution in [1.29, 1.82) is 0 Å². The molecule has 0 heterocycles. The van der Waals surface area contributed by atoms with Gasteiger partial charge in [-0.3, -0.25) is 4.90 Å². The number of guanidine groups is 1. The van der Waals surface area contributed by atoms with Crippen molar-refractivity contribution in [1.82, 2.24) is 9.80 Å². The lowest BCUT2D eigenvalue weighted by Gasteiger charge is -2.24. The highest BCUT2D eigenvalue weighted by Crippen LogP contribution is 2.10. The Morgan fingerprint density at radius 3 is 2.50 bits per heavy atom. The van der Waals surface area contributed by atoms with Gasteiger partial charge in [0, 0.05) is 26.8 Å². The van der Waals surface area contributed by atoms with Crippen molar-refractivity contribution in [2.45, 2.75) is 13.8 Å². The molecule has 0 saturated carbocycles. The molecule has 1 N–H and O–H groups in total. The Hall–Kier alpha value is -2.57. The predicted molar refractivity (Wildman–Crippen MR) is 86.1 cm³/mol. The van der Waals surface area contributed by atoms with Gasteiger partial charge in [0.25, 0.3) is 0 Å². The van der Waals surface area contributed by atoms with Crippen LogP contribution in [0.3, 0.4) is 0 Å². The highest BCUT2D eigenvalue weighted by atomic mass is 16.5. The molecule has 7 heteroatoms. The molecular formula is C15H22N4O3. The van der Waals surface area contributed by atoms with Crippen LogP contribution >= 0.6 is 0 Å². The number of carbonyl (C=O) groups excluding carboxylic acids is 2. The second-order valence-electron chi connectivity index (χ2n) is 4.86. The van der Waals surface area contributed by atoms with Crippen molar-refractivity contribution in [3.63, 3.8) is 0 Å². The molecule has 120 valence electrons. The molecule has 0 saturated heterocycles. The maximum absolute atomic E-state index is 12.3. The summed E-state index contributed by atoms with van der Waals surface area (Å²) < 4.78 is 4.77. The van der Waals surface area contributed by atoms with E-state index in [1.54, 1.807) is 32.0 Å². The van der Waals surface area contributed by atoms with Crippen molar-refractivity contribution in [3.8, 4) is 0 Å². The minimum Gasteiger partial charge on any atom is -0.448 e. The topological polar surface area (TPSA) is 74.2 Å². The molecule has 0 bridgehead atoms. The van der Waals surface area contributed by atoms with Gasteiger partial charge in [0.15, 0.2) is 0 Å². The van der Waals surface area contributed by atoms with E-state index in [2.05, 4.69) is 10.3 Å². The van der Waals surface area contributed by atoms with Crippen LogP contribution < -0.4 is 5.32 Å². The number of aliphatic imine (C=N–C) groups is 1. The second-order valence-corrected chi connectivity index (χ2v) is 4.86. The number of nitrogens with one attached hydrogen (secondary N) is 1. The van der Waals surface area contributed by atoms with Crippen LogP contribution in [0.4, 0.5) is 15.3 Å². The molecule has 22 heavy (non-hydrogen) atoms. The van der Waals surface area contributed by atoms with Crippen LogP contribution in [0.2, 0.25) is 0 Å². The standard InChI is InChI=1S/C15H22N4O3/c1-6-22-15(21)17-13(18(3)4)19(5)14(20)16-12-9-7-8-11(2)10-12/h7-10H,6H2,1-5H3,(H,16,20). The van der Waals surface area contributed by atoms with E-state index in [-0.39, 0.29) is 12.6 Å². The van der Waals surface area contributed by atoms with Crippen LogP contribution in [0.1, 0.15) is 12.5 Å². The van der Waals surface area contributed by atoms with Gasteiger partial charge in [0.1, 0.15) is 0 Å². The van der Waals surface area contributed by atoms with E-state index in [4.69, 9.17) is 4.74 Å². The van der Waals surface area contributed by atoms with E-state index in [1.807, 2.05) is 25.1 Å². The number of amides is 3. The summed E-state index contributed by atoms with van der Waals surface area (Å²) in [5.41, 5.74) is 1.71. The van der Waals surface area contributed by atoms with Gasteiger partial charge >= 0.3 is 12.1 Å². The SMILES string of the molecule is CCOC(=O)N=C(N(C)C)N(C)C(=O)Nc1cccc(C)c1. The summed E-state index contributed by atoms with van der Waals surface area (Å²) >= 11 is 0. The van der Waals surface area contributed by atoms with Gasteiger partial charge in [-0.2, -0.15) is 0 Å². The van der Waals surface area contributed by atoms with Gasteiger partial charge in [-0.1, -0.05) is 12.1 Å². The van der Waals surface area contributed by atoms with Crippen molar-refractivity contribution in [2.75, 3.05) is 33.1 Å². The molecular weight excluding hydrogens is 284 g/mol. The fourth-order valence-electron chi connectivity index (χ4n) is 1.73. The number of rotatable bonds is 2. The first-order valence-electron chi connectivity index (χ1n) is 6.89. The fraction of sp³-hybridized carbons (Fsp3) is 0.400. The molecule has 0 atom stereocenters. The van der Waals surface area contributed by atoms with E-state index in [9.17, 15) is 9.59 Å². The third-order valence-electron chi connectivity index (χ3n) is 2.73.